The first-order valence-electron chi connectivity index (χ1n) is 8.26. The Bertz CT molecular complexity index is 779. The lowest BCUT2D eigenvalue weighted by Gasteiger charge is -2.15. The minimum atomic E-state index is -0.580. The van der Waals surface area contributed by atoms with Crippen LogP contribution in [0.4, 0.5) is 0 Å². The summed E-state index contributed by atoms with van der Waals surface area (Å²) in [6.07, 6.45) is 0. The molecule has 8 nitrogen and oxygen atoms in total. The van der Waals surface area contributed by atoms with Crippen molar-refractivity contribution < 1.29 is 18.8 Å². The van der Waals surface area contributed by atoms with Crippen molar-refractivity contribution in [2.45, 2.75) is 20.4 Å². The molecule has 1 aromatic carbocycles. The van der Waals surface area contributed by atoms with E-state index in [1.807, 2.05) is 13.8 Å². The van der Waals surface area contributed by atoms with Crippen LogP contribution in [-0.4, -0.2) is 35.7 Å². The average Bonchev–Trinajstić information content (AvgIpc) is 3.12. The number of furan rings is 1. The molecule has 8 heteroatoms. The number of nitrogens with zero attached hydrogens (tertiary/aromatic N) is 1. The SMILES string of the molecule is CCN(CC)Cc1ccc(C(=O)NNC(=O)c2ccc(C(N)=O)cc2)o1. The maximum atomic E-state index is 12.1. The summed E-state index contributed by atoms with van der Waals surface area (Å²) in [5.41, 5.74) is 10.3. The molecule has 4 N–H and O–H groups in total. The number of rotatable bonds is 7. The van der Waals surface area contributed by atoms with Gasteiger partial charge in [-0.25, -0.2) is 0 Å². The highest BCUT2D eigenvalue weighted by molar-refractivity contribution is 5.99. The number of nitrogens with two attached hydrogens (primary N) is 1. The maximum Gasteiger partial charge on any atom is 0.305 e. The molecule has 0 unspecified atom stereocenters. The van der Waals surface area contributed by atoms with Crippen molar-refractivity contribution in [1.82, 2.24) is 15.8 Å². The van der Waals surface area contributed by atoms with Gasteiger partial charge in [-0.05, 0) is 49.5 Å². The van der Waals surface area contributed by atoms with Gasteiger partial charge in [0.05, 0.1) is 6.54 Å². The van der Waals surface area contributed by atoms with Gasteiger partial charge in [-0.15, -0.1) is 0 Å². The zero-order valence-corrected chi connectivity index (χ0v) is 14.7. The number of carbonyl (C=O) groups excluding carboxylic acids is 3. The van der Waals surface area contributed by atoms with Crippen molar-refractivity contribution in [2.75, 3.05) is 13.1 Å². The lowest BCUT2D eigenvalue weighted by molar-refractivity contribution is 0.0829. The molecule has 1 heterocycles. The number of hydrogen-bond acceptors (Lipinski definition) is 5. The quantitative estimate of drug-likeness (QED) is 0.645. The minimum absolute atomic E-state index is 0.108. The van der Waals surface area contributed by atoms with Crippen LogP contribution >= 0.6 is 0 Å². The van der Waals surface area contributed by atoms with Gasteiger partial charge in [-0.3, -0.25) is 30.1 Å². The lowest BCUT2D eigenvalue weighted by Crippen LogP contribution is -2.41. The molecule has 26 heavy (non-hydrogen) atoms. The Morgan fingerprint density at radius 1 is 0.923 bits per heavy atom. The first kappa shape index (κ1) is 19.2. The fourth-order valence-corrected chi connectivity index (χ4v) is 2.29. The molecule has 2 aromatic rings. The summed E-state index contributed by atoms with van der Waals surface area (Å²) in [5, 5.41) is 0. The van der Waals surface area contributed by atoms with Crippen molar-refractivity contribution in [3.63, 3.8) is 0 Å². The third-order valence-electron chi connectivity index (χ3n) is 3.88. The number of hydrogen-bond donors (Lipinski definition) is 3. The second-order valence-corrected chi connectivity index (χ2v) is 5.58. The molecule has 0 aliphatic carbocycles. The summed E-state index contributed by atoms with van der Waals surface area (Å²) < 4.78 is 5.50. The van der Waals surface area contributed by atoms with E-state index in [4.69, 9.17) is 10.2 Å². The second-order valence-electron chi connectivity index (χ2n) is 5.58. The van der Waals surface area contributed by atoms with Crippen LogP contribution in [0, 0.1) is 0 Å². The first-order valence-corrected chi connectivity index (χ1v) is 8.26. The monoisotopic (exact) mass is 358 g/mol. The van der Waals surface area contributed by atoms with Crippen molar-refractivity contribution in [2.24, 2.45) is 5.73 Å². The average molecular weight is 358 g/mol. The highest BCUT2D eigenvalue weighted by Crippen LogP contribution is 2.10. The number of amides is 3. The molecule has 0 aliphatic rings. The van der Waals surface area contributed by atoms with Gasteiger partial charge in [0.15, 0.2) is 5.76 Å². The van der Waals surface area contributed by atoms with E-state index in [1.54, 1.807) is 12.1 Å². The Hall–Kier alpha value is -3.13. The summed E-state index contributed by atoms with van der Waals surface area (Å²) in [5.74, 6) is -0.880. The van der Waals surface area contributed by atoms with E-state index in [0.717, 1.165) is 13.1 Å². The highest BCUT2D eigenvalue weighted by Gasteiger charge is 2.14. The van der Waals surface area contributed by atoms with Crippen molar-refractivity contribution in [3.8, 4) is 0 Å². The third kappa shape index (κ3) is 4.93. The molecule has 0 fully saturated rings. The third-order valence-corrected chi connectivity index (χ3v) is 3.88. The van der Waals surface area contributed by atoms with Crippen molar-refractivity contribution >= 4 is 17.7 Å². The number of benzene rings is 1. The summed E-state index contributed by atoms with van der Waals surface area (Å²) in [6, 6.07) is 9.04. The molecule has 138 valence electrons. The summed E-state index contributed by atoms with van der Waals surface area (Å²) in [6.45, 7) is 6.46. The molecule has 0 spiro atoms. The van der Waals surface area contributed by atoms with E-state index in [0.29, 0.717) is 17.9 Å². The molecule has 0 bridgehead atoms. The van der Waals surface area contributed by atoms with Gasteiger partial charge in [0, 0.05) is 11.1 Å². The number of primary amides is 1. The van der Waals surface area contributed by atoms with Crippen LogP contribution in [-0.2, 0) is 6.54 Å². The topological polar surface area (TPSA) is 118 Å². The number of nitrogens with one attached hydrogen (secondary N) is 2. The van der Waals surface area contributed by atoms with E-state index < -0.39 is 17.7 Å². The summed E-state index contributed by atoms with van der Waals surface area (Å²) in [4.78, 5) is 37.2. The van der Waals surface area contributed by atoms with Crippen LogP contribution in [0.1, 0.15) is 50.9 Å². The minimum Gasteiger partial charge on any atom is -0.454 e. The Balaban J connectivity index is 1.90. The molecular formula is C18H22N4O4. The molecule has 1 aromatic heterocycles. The molecule has 0 saturated heterocycles. The van der Waals surface area contributed by atoms with E-state index >= 15 is 0 Å². The number of carbonyl (C=O) groups is 3. The van der Waals surface area contributed by atoms with Gasteiger partial charge in [0.2, 0.25) is 5.91 Å². The molecule has 0 aliphatic heterocycles. The summed E-state index contributed by atoms with van der Waals surface area (Å²) >= 11 is 0. The van der Waals surface area contributed by atoms with Gasteiger partial charge in [0.25, 0.3) is 5.91 Å². The molecule has 3 amide bonds. The molecule has 0 saturated carbocycles. The largest absolute Gasteiger partial charge is 0.454 e. The van der Waals surface area contributed by atoms with Gasteiger partial charge in [-0.1, -0.05) is 13.8 Å². The molecular weight excluding hydrogens is 336 g/mol. The van der Waals surface area contributed by atoms with Crippen LogP contribution in [0.25, 0.3) is 0 Å². The Kier molecular flexibility index (Phi) is 6.51. The van der Waals surface area contributed by atoms with Crippen molar-refractivity contribution in [1.29, 1.82) is 0 Å². The van der Waals surface area contributed by atoms with E-state index in [9.17, 15) is 14.4 Å². The normalized spacial score (nSPS) is 10.6. The van der Waals surface area contributed by atoms with Crippen LogP contribution in [0.5, 0.6) is 0 Å². The zero-order chi connectivity index (χ0) is 19.1. The predicted molar refractivity (Wildman–Crippen MR) is 95.2 cm³/mol. The fourth-order valence-electron chi connectivity index (χ4n) is 2.29. The van der Waals surface area contributed by atoms with Gasteiger partial charge < -0.3 is 10.2 Å². The molecule has 0 atom stereocenters. The van der Waals surface area contributed by atoms with Crippen molar-refractivity contribution in [3.05, 3.63) is 59.0 Å². The van der Waals surface area contributed by atoms with Crippen LogP contribution in [0.2, 0.25) is 0 Å². The van der Waals surface area contributed by atoms with Gasteiger partial charge in [-0.2, -0.15) is 0 Å². The van der Waals surface area contributed by atoms with Crippen LogP contribution < -0.4 is 16.6 Å². The van der Waals surface area contributed by atoms with Crippen LogP contribution in [0.15, 0.2) is 40.8 Å². The lowest BCUT2D eigenvalue weighted by atomic mass is 10.1. The van der Waals surface area contributed by atoms with E-state index in [1.165, 1.54) is 24.3 Å². The maximum absolute atomic E-state index is 12.1. The standard InChI is InChI=1S/C18H22N4O4/c1-3-22(4-2)11-14-9-10-15(26-14)18(25)21-20-17(24)13-7-5-12(6-8-13)16(19)23/h5-10H,3-4,11H2,1-2H3,(H2,19,23)(H,20,24)(H,21,25). The predicted octanol–water partition coefficient (Wildman–Crippen LogP) is 1.30. The first-order chi connectivity index (χ1) is 12.4. The molecule has 0 radical (unpaired) electrons. The second kappa shape index (κ2) is 8.82. The highest BCUT2D eigenvalue weighted by atomic mass is 16.4. The van der Waals surface area contributed by atoms with Gasteiger partial charge >= 0.3 is 5.91 Å². The number of hydrazine groups is 1. The Morgan fingerprint density at radius 3 is 2.08 bits per heavy atom. The zero-order valence-electron chi connectivity index (χ0n) is 14.7. The van der Waals surface area contributed by atoms with E-state index in [-0.39, 0.29) is 11.3 Å². The molecule has 2 rings (SSSR count). The fraction of sp³-hybridized carbons (Fsp3) is 0.278. The smallest absolute Gasteiger partial charge is 0.305 e. The van der Waals surface area contributed by atoms with Crippen LogP contribution in [0.3, 0.4) is 0 Å². The Morgan fingerprint density at radius 2 is 1.50 bits per heavy atom. The van der Waals surface area contributed by atoms with E-state index in [2.05, 4.69) is 15.8 Å². The summed E-state index contributed by atoms with van der Waals surface area (Å²) in [7, 11) is 0. The van der Waals surface area contributed by atoms with Gasteiger partial charge in [0.1, 0.15) is 5.76 Å². The Labute approximate surface area is 151 Å².